The van der Waals surface area contributed by atoms with Gasteiger partial charge in [0.15, 0.2) is 17.3 Å². The molecule has 10 heteroatoms. The topological polar surface area (TPSA) is 104 Å². The fraction of sp³-hybridized carbons (Fsp3) is 0.278. The lowest BCUT2D eigenvalue weighted by Gasteiger charge is -2.18. The van der Waals surface area contributed by atoms with Crippen LogP contribution in [0.15, 0.2) is 40.9 Å². The van der Waals surface area contributed by atoms with E-state index < -0.39 is 0 Å². The molecule has 1 aromatic carbocycles. The predicted octanol–water partition coefficient (Wildman–Crippen LogP) is 1.94. The first-order valence-electron chi connectivity index (χ1n) is 8.73. The minimum atomic E-state index is -0.0804. The number of carbonyl (C=O) groups is 1. The van der Waals surface area contributed by atoms with Crippen molar-refractivity contribution < 1.29 is 14.3 Å². The Balaban J connectivity index is 1.24. The molecule has 3 N–H and O–H groups in total. The average Bonchev–Trinajstić information content (AvgIpc) is 3.36. The smallest absolute Gasteiger partial charge is 0.230 e. The van der Waals surface area contributed by atoms with Gasteiger partial charge in [-0.2, -0.15) is 0 Å². The summed E-state index contributed by atoms with van der Waals surface area (Å²) in [6.45, 7) is 1.67. The van der Waals surface area contributed by atoms with E-state index in [9.17, 15) is 4.79 Å². The second kappa shape index (κ2) is 8.53. The third-order valence-electron chi connectivity index (χ3n) is 4.08. The molecule has 146 valence electrons. The molecule has 0 saturated carbocycles. The van der Waals surface area contributed by atoms with E-state index >= 15 is 0 Å². The number of benzene rings is 1. The Bertz CT molecular complexity index is 958. The Hall–Kier alpha value is -2.72. The number of hydrogen-bond donors (Lipinski definition) is 2. The highest BCUT2D eigenvalue weighted by Gasteiger charge is 2.15. The maximum atomic E-state index is 12.1. The number of fused-ring (bicyclic) bond motifs is 1. The fourth-order valence-electron chi connectivity index (χ4n) is 2.72. The van der Waals surface area contributed by atoms with Gasteiger partial charge in [0.05, 0.1) is 10.6 Å². The lowest BCUT2D eigenvalue weighted by Crippen LogP contribution is -2.27. The highest BCUT2D eigenvalue weighted by Crippen LogP contribution is 2.30. The molecule has 0 atom stereocenters. The van der Waals surface area contributed by atoms with Gasteiger partial charge in [0.1, 0.15) is 13.2 Å². The fourth-order valence-corrected chi connectivity index (χ4v) is 4.11. The van der Waals surface area contributed by atoms with E-state index in [0.29, 0.717) is 37.2 Å². The summed E-state index contributed by atoms with van der Waals surface area (Å²) in [5.41, 5.74) is 1.08. The second-order valence-corrected chi connectivity index (χ2v) is 7.91. The highest BCUT2D eigenvalue weighted by molar-refractivity contribution is 7.99. The van der Waals surface area contributed by atoms with Crippen LogP contribution in [0.25, 0.3) is 10.7 Å². The first kappa shape index (κ1) is 18.6. The van der Waals surface area contributed by atoms with Gasteiger partial charge in [-0.1, -0.05) is 23.9 Å². The molecule has 0 aliphatic carbocycles. The summed E-state index contributed by atoms with van der Waals surface area (Å²) >= 11 is 2.80. The van der Waals surface area contributed by atoms with Gasteiger partial charge in [-0.05, 0) is 35.6 Å². The number of hydrogen-bond acceptors (Lipinski definition) is 8. The first-order valence-corrected chi connectivity index (χ1v) is 10.6. The normalized spacial score (nSPS) is 12.7. The Kier molecular flexibility index (Phi) is 5.68. The number of carbonyl (C=O) groups excluding carboxylic acids is 1. The summed E-state index contributed by atoms with van der Waals surface area (Å²) in [7, 11) is 0. The number of ether oxygens (including phenoxy) is 2. The summed E-state index contributed by atoms with van der Waals surface area (Å²) in [5.74, 6) is 8.30. The van der Waals surface area contributed by atoms with E-state index in [-0.39, 0.29) is 11.7 Å². The lowest BCUT2D eigenvalue weighted by atomic mass is 10.1. The second-order valence-electron chi connectivity index (χ2n) is 6.02. The third kappa shape index (κ3) is 4.23. The van der Waals surface area contributed by atoms with E-state index in [1.165, 1.54) is 27.8 Å². The number of nitrogens with zero attached hydrogens (tertiary/aromatic N) is 3. The molecular formula is C18H19N5O3S2. The number of thiophene rings is 1. The quantitative estimate of drug-likeness (QED) is 0.447. The van der Waals surface area contributed by atoms with Crippen molar-refractivity contribution in [3.8, 4) is 22.2 Å². The summed E-state index contributed by atoms with van der Waals surface area (Å²) in [4.78, 5) is 13.0. The van der Waals surface area contributed by atoms with Crippen LogP contribution in [0, 0.1) is 0 Å². The molecule has 0 fully saturated rings. The van der Waals surface area contributed by atoms with Crippen LogP contribution >= 0.6 is 23.1 Å². The van der Waals surface area contributed by atoms with Gasteiger partial charge in [0.2, 0.25) is 11.1 Å². The number of nitrogens with two attached hydrogens (primary N) is 1. The van der Waals surface area contributed by atoms with Crippen LogP contribution in [0.3, 0.4) is 0 Å². The highest BCUT2D eigenvalue weighted by atomic mass is 32.2. The number of rotatable bonds is 7. The molecule has 4 rings (SSSR count). The molecule has 0 bridgehead atoms. The SMILES string of the molecule is Nn1c(SCC(=O)NCCc2ccc3c(c2)OCCO3)nnc1-c1cccs1. The van der Waals surface area contributed by atoms with Crippen molar-refractivity contribution in [2.45, 2.75) is 11.6 Å². The predicted molar refractivity (Wildman–Crippen MR) is 108 cm³/mol. The van der Waals surface area contributed by atoms with Crippen LogP contribution in [0.1, 0.15) is 5.56 Å². The summed E-state index contributed by atoms with van der Waals surface area (Å²) < 4.78 is 12.5. The summed E-state index contributed by atoms with van der Waals surface area (Å²) in [6, 6.07) is 9.70. The molecule has 8 nitrogen and oxygen atoms in total. The maximum Gasteiger partial charge on any atom is 0.230 e. The van der Waals surface area contributed by atoms with Crippen molar-refractivity contribution in [2.75, 3.05) is 31.4 Å². The molecule has 0 spiro atoms. The molecule has 0 unspecified atom stereocenters. The number of amides is 1. The van der Waals surface area contributed by atoms with E-state index in [1.807, 2.05) is 35.7 Å². The van der Waals surface area contributed by atoms with Crippen LogP contribution in [0.5, 0.6) is 11.5 Å². The van der Waals surface area contributed by atoms with Crippen LogP contribution in [-0.4, -0.2) is 46.3 Å². The van der Waals surface area contributed by atoms with Crippen molar-refractivity contribution in [3.05, 3.63) is 41.3 Å². The Morgan fingerprint density at radius 2 is 2.11 bits per heavy atom. The lowest BCUT2D eigenvalue weighted by molar-refractivity contribution is -0.118. The van der Waals surface area contributed by atoms with E-state index in [4.69, 9.17) is 15.3 Å². The molecule has 1 aliphatic heterocycles. The zero-order valence-corrected chi connectivity index (χ0v) is 16.6. The van der Waals surface area contributed by atoms with Crippen molar-refractivity contribution in [2.24, 2.45) is 0 Å². The van der Waals surface area contributed by atoms with Gasteiger partial charge >= 0.3 is 0 Å². The largest absolute Gasteiger partial charge is 0.486 e. The Labute approximate surface area is 170 Å². The van der Waals surface area contributed by atoms with Gasteiger partial charge in [-0.25, -0.2) is 4.68 Å². The van der Waals surface area contributed by atoms with Crippen molar-refractivity contribution in [1.82, 2.24) is 20.2 Å². The van der Waals surface area contributed by atoms with Crippen LogP contribution in [0.2, 0.25) is 0 Å². The minimum Gasteiger partial charge on any atom is -0.486 e. The standard InChI is InChI=1S/C18H19N5O3S2/c19-23-17(15-2-1-9-27-15)21-22-18(23)28-11-16(24)20-6-5-12-3-4-13-14(10-12)26-8-7-25-13/h1-4,9-10H,5-8,11,19H2,(H,20,24). The average molecular weight is 418 g/mol. The van der Waals surface area contributed by atoms with Gasteiger partial charge in [-0.3, -0.25) is 4.79 Å². The monoisotopic (exact) mass is 417 g/mol. The van der Waals surface area contributed by atoms with Gasteiger partial charge in [0, 0.05) is 6.54 Å². The van der Waals surface area contributed by atoms with Crippen molar-refractivity contribution >= 4 is 29.0 Å². The molecule has 1 aliphatic rings. The Morgan fingerprint density at radius 3 is 2.93 bits per heavy atom. The first-order chi connectivity index (χ1) is 13.7. The van der Waals surface area contributed by atoms with Gasteiger partial charge in [-0.15, -0.1) is 21.5 Å². The minimum absolute atomic E-state index is 0.0804. The van der Waals surface area contributed by atoms with E-state index in [1.54, 1.807) is 0 Å². The molecule has 3 aromatic rings. The number of thioether (sulfide) groups is 1. The van der Waals surface area contributed by atoms with Crippen molar-refractivity contribution in [3.63, 3.8) is 0 Å². The Morgan fingerprint density at radius 1 is 1.25 bits per heavy atom. The summed E-state index contributed by atoms with van der Waals surface area (Å²) in [5, 5.41) is 13.5. The van der Waals surface area contributed by atoms with Gasteiger partial charge in [0.25, 0.3) is 0 Å². The van der Waals surface area contributed by atoms with Crippen LogP contribution in [0.4, 0.5) is 0 Å². The maximum absolute atomic E-state index is 12.1. The molecule has 0 saturated heterocycles. The van der Waals surface area contributed by atoms with Crippen LogP contribution < -0.4 is 20.6 Å². The molecular weight excluding hydrogens is 398 g/mol. The van der Waals surface area contributed by atoms with E-state index in [2.05, 4.69) is 15.5 Å². The van der Waals surface area contributed by atoms with E-state index in [0.717, 1.165) is 21.9 Å². The number of nitrogen functional groups attached to an aromatic ring is 1. The molecule has 1 amide bonds. The third-order valence-corrected chi connectivity index (χ3v) is 5.89. The zero-order valence-electron chi connectivity index (χ0n) is 15.0. The molecule has 2 aromatic heterocycles. The molecule has 0 radical (unpaired) electrons. The zero-order chi connectivity index (χ0) is 19.3. The molecule has 28 heavy (non-hydrogen) atoms. The number of aromatic nitrogens is 3. The van der Waals surface area contributed by atoms with Gasteiger partial charge < -0.3 is 20.6 Å². The van der Waals surface area contributed by atoms with Crippen LogP contribution in [-0.2, 0) is 11.2 Å². The number of nitrogens with one attached hydrogen (secondary N) is 1. The molecule has 3 heterocycles. The van der Waals surface area contributed by atoms with Crippen molar-refractivity contribution in [1.29, 1.82) is 0 Å². The summed E-state index contributed by atoms with van der Waals surface area (Å²) in [6.07, 6.45) is 0.711.